The number of likely N-dealkylation sites (tertiary alicyclic amines) is 1. The minimum absolute atomic E-state index is 0.110. The van der Waals surface area contributed by atoms with Crippen molar-refractivity contribution in [2.75, 3.05) is 18.8 Å². The summed E-state index contributed by atoms with van der Waals surface area (Å²) in [6.45, 7) is 0.221. The number of aliphatic hydroxyl groups is 2. The molecule has 2 unspecified atom stereocenters. The highest BCUT2D eigenvalue weighted by atomic mass is 16.4. The van der Waals surface area contributed by atoms with Gasteiger partial charge in [0.1, 0.15) is 5.58 Å². The average molecular weight is 262 g/mol. The van der Waals surface area contributed by atoms with Gasteiger partial charge < -0.3 is 25.3 Å². The van der Waals surface area contributed by atoms with Crippen LogP contribution in [-0.2, 0) is 0 Å². The standard InChI is InChI=1S/C13H14N2O4/c14-8-1-2-11-7(3-8)4-12(19-11)13(18)15-5-9(16)10(17)6-15/h1-4,9-10,16-17H,5-6,14H2. The Morgan fingerprint density at radius 2 is 1.95 bits per heavy atom. The van der Waals surface area contributed by atoms with E-state index < -0.39 is 12.2 Å². The van der Waals surface area contributed by atoms with Gasteiger partial charge in [0.25, 0.3) is 5.91 Å². The van der Waals surface area contributed by atoms with Crippen molar-refractivity contribution in [1.29, 1.82) is 0 Å². The van der Waals surface area contributed by atoms with Crippen LogP contribution in [0.1, 0.15) is 10.6 Å². The lowest BCUT2D eigenvalue weighted by Gasteiger charge is -2.12. The Bertz CT molecular complexity index is 627. The predicted octanol–water partition coefficient (Wildman–Crippen LogP) is 0.193. The summed E-state index contributed by atoms with van der Waals surface area (Å²) in [5.74, 6) is -0.160. The van der Waals surface area contributed by atoms with Crippen molar-refractivity contribution >= 4 is 22.6 Å². The molecule has 2 heterocycles. The zero-order valence-corrected chi connectivity index (χ0v) is 10.1. The molecular weight excluding hydrogens is 248 g/mol. The molecule has 4 N–H and O–H groups in total. The summed E-state index contributed by atoms with van der Waals surface area (Å²) < 4.78 is 5.46. The fourth-order valence-corrected chi connectivity index (χ4v) is 2.26. The number of β-amino-alcohol motifs (C(OH)–C–C–N with tert-alkyl or cyclic N) is 2. The van der Waals surface area contributed by atoms with Crippen LogP contribution in [0.25, 0.3) is 11.0 Å². The van der Waals surface area contributed by atoms with E-state index in [0.717, 1.165) is 5.39 Å². The van der Waals surface area contributed by atoms with Gasteiger partial charge >= 0.3 is 0 Å². The fraction of sp³-hybridized carbons (Fsp3) is 0.308. The third kappa shape index (κ3) is 2.05. The zero-order chi connectivity index (χ0) is 13.6. The van der Waals surface area contributed by atoms with E-state index in [1.54, 1.807) is 24.3 Å². The number of fused-ring (bicyclic) bond motifs is 1. The Balaban J connectivity index is 1.90. The molecule has 1 aromatic heterocycles. The number of amides is 1. The number of rotatable bonds is 1. The van der Waals surface area contributed by atoms with Gasteiger partial charge in [-0.2, -0.15) is 0 Å². The first kappa shape index (κ1) is 12.0. The second kappa shape index (κ2) is 4.25. The van der Waals surface area contributed by atoms with E-state index >= 15 is 0 Å². The molecule has 6 heteroatoms. The van der Waals surface area contributed by atoms with Crippen LogP contribution in [-0.4, -0.2) is 46.3 Å². The first-order valence-corrected chi connectivity index (χ1v) is 5.99. The highest BCUT2D eigenvalue weighted by Gasteiger charge is 2.34. The molecule has 0 saturated carbocycles. The second-order valence-electron chi connectivity index (χ2n) is 4.75. The number of nitrogens with two attached hydrogens (primary N) is 1. The van der Waals surface area contributed by atoms with Gasteiger partial charge in [0.15, 0.2) is 5.76 Å². The molecule has 19 heavy (non-hydrogen) atoms. The van der Waals surface area contributed by atoms with Crippen LogP contribution >= 0.6 is 0 Å². The Kier molecular flexibility index (Phi) is 2.69. The number of hydrogen-bond acceptors (Lipinski definition) is 5. The average Bonchev–Trinajstić information content (AvgIpc) is 2.92. The van der Waals surface area contributed by atoms with Crippen LogP contribution in [0.4, 0.5) is 5.69 Å². The lowest BCUT2D eigenvalue weighted by molar-refractivity contribution is 0.0572. The van der Waals surface area contributed by atoms with Crippen LogP contribution in [0.2, 0.25) is 0 Å². The van der Waals surface area contributed by atoms with E-state index in [-0.39, 0.29) is 24.8 Å². The monoisotopic (exact) mass is 262 g/mol. The molecule has 0 radical (unpaired) electrons. The molecule has 6 nitrogen and oxygen atoms in total. The molecule has 1 amide bonds. The third-order valence-corrected chi connectivity index (χ3v) is 3.30. The normalized spacial score (nSPS) is 23.2. The fourth-order valence-electron chi connectivity index (χ4n) is 2.26. The molecule has 0 aliphatic carbocycles. The number of carbonyl (C=O) groups is 1. The summed E-state index contributed by atoms with van der Waals surface area (Å²) in [5, 5.41) is 19.7. The van der Waals surface area contributed by atoms with E-state index in [1.165, 1.54) is 4.90 Å². The number of carbonyl (C=O) groups excluding carboxylic acids is 1. The number of furan rings is 1. The van der Waals surface area contributed by atoms with E-state index in [9.17, 15) is 15.0 Å². The summed E-state index contributed by atoms with van der Waals surface area (Å²) in [6, 6.07) is 6.74. The highest BCUT2D eigenvalue weighted by molar-refractivity contribution is 5.96. The second-order valence-corrected chi connectivity index (χ2v) is 4.75. The zero-order valence-electron chi connectivity index (χ0n) is 10.1. The maximum Gasteiger partial charge on any atom is 0.289 e. The smallest absolute Gasteiger partial charge is 0.289 e. The molecule has 1 aliphatic heterocycles. The predicted molar refractivity (Wildman–Crippen MR) is 68.5 cm³/mol. The van der Waals surface area contributed by atoms with Gasteiger partial charge in [-0.25, -0.2) is 0 Å². The molecule has 2 atom stereocenters. The van der Waals surface area contributed by atoms with Crippen molar-refractivity contribution in [3.63, 3.8) is 0 Å². The van der Waals surface area contributed by atoms with Gasteiger partial charge in [0.05, 0.1) is 12.2 Å². The molecule has 1 saturated heterocycles. The Labute approximate surface area is 109 Å². The number of nitrogen functional groups attached to an aromatic ring is 1. The molecule has 1 aromatic carbocycles. The first-order valence-electron chi connectivity index (χ1n) is 5.99. The third-order valence-electron chi connectivity index (χ3n) is 3.30. The van der Waals surface area contributed by atoms with Gasteiger partial charge in [-0.1, -0.05) is 0 Å². The first-order chi connectivity index (χ1) is 9.04. The molecule has 1 aliphatic rings. The van der Waals surface area contributed by atoms with Crippen molar-refractivity contribution in [2.24, 2.45) is 0 Å². The van der Waals surface area contributed by atoms with Gasteiger partial charge in [-0.05, 0) is 24.3 Å². The lowest BCUT2D eigenvalue weighted by atomic mass is 10.2. The molecular formula is C13H14N2O4. The quantitative estimate of drug-likeness (QED) is 0.637. The number of hydrogen-bond donors (Lipinski definition) is 3. The van der Waals surface area contributed by atoms with E-state index in [1.807, 2.05) is 0 Å². The Hall–Kier alpha value is -2.05. The summed E-state index contributed by atoms with van der Waals surface area (Å²) in [4.78, 5) is 13.5. The molecule has 1 fully saturated rings. The van der Waals surface area contributed by atoms with E-state index in [2.05, 4.69) is 0 Å². The van der Waals surface area contributed by atoms with E-state index in [4.69, 9.17) is 10.2 Å². The van der Waals surface area contributed by atoms with Gasteiger partial charge in [0, 0.05) is 24.2 Å². The van der Waals surface area contributed by atoms with Crippen molar-refractivity contribution < 1.29 is 19.4 Å². The van der Waals surface area contributed by atoms with Crippen molar-refractivity contribution in [1.82, 2.24) is 4.90 Å². The number of aliphatic hydroxyl groups excluding tert-OH is 2. The van der Waals surface area contributed by atoms with Crippen molar-refractivity contribution in [3.05, 3.63) is 30.0 Å². The van der Waals surface area contributed by atoms with Crippen LogP contribution in [0.3, 0.4) is 0 Å². The summed E-state index contributed by atoms with van der Waals surface area (Å²) in [6.07, 6.45) is -1.80. The SMILES string of the molecule is Nc1ccc2oc(C(=O)N3CC(O)C(O)C3)cc2c1. The largest absolute Gasteiger partial charge is 0.451 e. The summed E-state index contributed by atoms with van der Waals surface area (Å²) in [7, 11) is 0. The summed E-state index contributed by atoms with van der Waals surface area (Å²) in [5.41, 5.74) is 6.84. The maximum absolute atomic E-state index is 12.2. The topological polar surface area (TPSA) is 99.9 Å². The van der Waals surface area contributed by atoms with Gasteiger partial charge in [-0.3, -0.25) is 4.79 Å². The molecule has 0 spiro atoms. The molecule has 2 aromatic rings. The molecule has 100 valence electrons. The minimum Gasteiger partial charge on any atom is -0.451 e. The minimum atomic E-state index is -0.899. The van der Waals surface area contributed by atoms with Crippen LogP contribution < -0.4 is 5.73 Å². The Morgan fingerprint density at radius 3 is 2.63 bits per heavy atom. The molecule has 0 bridgehead atoms. The van der Waals surface area contributed by atoms with Crippen molar-refractivity contribution in [2.45, 2.75) is 12.2 Å². The maximum atomic E-state index is 12.2. The van der Waals surface area contributed by atoms with Gasteiger partial charge in [-0.15, -0.1) is 0 Å². The van der Waals surface area contributed by atoms with Crippen LogP contribution in [0.15, 0.2) is 28.7 Å². The highest BCUT2D eigenvalue weighted by Crippen LogP contribution is 2.23. The lowest BCUT2D eigenvalue weighted by Crippen LogP contribution is -2.29. The van der Waals surface area contributed by atoms with Crippen LogP contribution in [0.5, 0.6) is 0 Å². The number of benzene rings is 1. The van der Waals surface area contributed by atoms with Crippen molar-refractivity contribution in [3.8, 4) is 0 Å². The van der Waals surface area contributed by atoms with Gasteiger partial charge in [0.2, 0.25) is 0 Å². The molecule has 3 rings (SSSR count). The number of nitrogens with zero attached hydrogens (tertiary/aromatic N) is 1. The number of anilines is 1. The summed E-state index contributed by atoms with van der Waals surface area (Å²) >= 11 is 0. The van der Waals surface area contributed by atoms with E-state index in [0.29, 0.717) is 11.3 Å². The Morgan fingerprint density at radius 1 is 1.26 bits per heavy atom. The van der Waals surface area contributed by atoms with Crippen LogP contribution in [0, 0.1) is 0 Å².